The number of nitrogens with one attached hydrogen (secondary N) is 1. The Morgan fingerprint density at radius 2 is 1.93 bits per heavy atom. The van der Waals surface area contributed by atoms with Crippen LogP contribution in [0.25, 0.3) is 5.69 Å². The molecule has 1 aliphatic rings. The van der Waals surface area contributed by atoms with E-state index in [1.807, 2.05) is 41.0 Å². The molecule has 30 heavy (non-hydrogen) atoms. The van der Waals surface area contributed by atoms with Crippen molar-refractivity contribution in [3.05, 3.63) is 58.6 Å². The zero-order valence-corrected chi connectivity index (χ0v) is 18.9. The number of morpholine rings is 1. The van der Waals surface area contributed by atoms with Gasteiger partial charge in [0.1, 0.15) is 0 Å². The molecule has 2 aromatic carbocycles. The number of halogens is 1. The fourth-order valence-corrected chi connectivity index (χ4v) is 4.19. The quantitative estimate of drug-likeness (QED) is 0.531. The molecular weight excluding hydrogens is 466 g/mol. The van der Waals surface area contributed by atoms with Crippen LogP contribution in [-0.2, 0) is 9.53 Å². The molecule has 3 aromatic rings. The van der Waals surface area contributed by atoms with Gasteiger partial charge in [0.05, 0.1) is 24.7 Å². The molecule has 7 nitrogen and oxygen atoms in total. The number of rotatable bonds is 6. The molecule has 2 heterocycles. The molecule has 1 fully saturated rings. The number of aromatic nitrogens is 3. The van der Waals surface area contributed by atoms with Crippen molar-refractivity contribution in [2.75, 3.05) is 42.3 Å². The van der Waals surface area contributed by atoms with Gasteiger partial charge in [-0.1, -0.05) is 39.8 Å². The second kappa shape index (κ2) is 9.63. The zero-order valence-electron chi connectivity index (χ0n) is 16.5. The van der Waals surface area contributed by atoms with Crippen molar-refractivity contribution >= 4 is 45.2 Å². The Labute approximate surface area is 187 Å². The van der Waals surface area contributed by atoms with Gasteiger partial charge in [0, 0.05) is 23.2 Å². The third kappa shape index (κ3) is 5.03. The maximum atomic E-state index is 12.5. The monoisotopic (exact) mass is 487 g/mol. The number of hydrogen-bond donors (Lipinski definition) is 1. The van der Waals surface area contributed by atoms with Crippen molar-refractivity contribution in [3.63, 3.8) is 0 Å². The molecule has 156 valence electrons. The fraction of sp³-hybridized carbons (Fsp3) is 0.286. The van der Waals surface area contributed by atoms with Gasteiger partial charge in [-0.15, -0.1) is 10.2 Å². The van der Waals surface area contributed by atoms with Crippen molar-refractivity contribution < 1.29 is 9.53 Å². The van der Waals surface area contributed by atoms with Crippen molar-refractivity contribution in [2.45, 2.75) is 12.1 Å². The molecular formula is C21H22BrN5O2S. The molecule has 1 aliphatic heterocycles. The Morgan fingerprint density at radius 3 is 2.67 bits per heavy atom. The van der Waals surface area contributed by atoms with Gasteiger partial charge in [-0.3, -0.25) is 9.36 Å². The Bertz CT molecular complexity index is 1020. The minimum absolute atomic E-state index is 0.0889. The van der Waals surface area contributed by atoms with Crippen molar-refractivity contribution in [3.8, 4) is 5.69 Å². The van der Waals surface area contributed by atoms with Gasteiger partial charge in [0.25, 0.3) is 0 Å². The predicted molar refractivity (Wildman–Crippen MR) is 123 cm³/mol. The molecule has 1 amide bonds. The zero-order chi connectivity index (χ0) is 20.9. The normalized spacial score (nSPS) is 14.0. The Morgan fingerprint density at radius 1 is 1.17 bits per heavy atom. The summed E-state index contributed by atoms with van der Waals surface area (Å²) < 4.78 is 8.47. The number of carbonyl (C=O) groups is 1. The standard InChI is InChI=1S/C21H22BrN5O2S/c1-15-3-2-4-18(13-15)27-20(26-9-11-29-12-10-26)24-25-21(27)30-14-19(28)23-17-7-5-16(22)6-8-17/h2-8,13H,9-12,14H2,1H3,(H,23,28). The first-order chi connectivity index (χ1) is 14.6. The maximum Gasteiger partial charge on any atom is 0.234 e. The first-order valence-corrected chi connectivity index (χ1v) is 11.4. The van der Waals surface area contributed by atoms with Crippen LogP contribution in [-0.4, -0.2) is 52.7 Å². The molecule has 0 atom stereocenters. The Balaban J connectivity index is 1.54. The topological polar surface area (TPSA) is 72.3 Å². The summed E-state index contributed by atoms with van der Waals surface area (Å²) in [6, 6.07) is 15.7. The van der Waals surface area contributed by atoms with Crippen molar-refractivity contribution in [1.29, 1.82) is 0 Å². The Kier molecular flexibility index (Phi) is 6.71. The molecule has 0 unspecified atom stereocenters. The minimum Gasteiger partial charge on any atom is -0.378 e. The molecule has 1 N–H and O–H groups in total. The molecule has 1 aromatic heterocycles. The average molecular weight is 488 g/mol. The number of nitrogens with zero attached hydrogens (tertiary/aromatic N) is 4. The van der Waals surface area contributed by atoms with Gasteiger partial charge in [-0.2, -0.15) is 0 Å². The fourth-order valence-electron chi connectivity index (χ4n) is 3.18. The third-order valence-corrected chi connectivity index (χ3v) is 6.09. The molecule has 1 saturated heterocycles. The second-order valence-electron chi connectivity index (χ2n) is 6.90. The van der Waals surface area contributed by atoms with Crippen LogP contribution >= 0.6 is 27.7 Å². The molecule has 4 rings (SSSR count). The van der Waals surface area contributed by atoms with E-state index in [1.54, 1.807) is 0 Å². The van der Waals surface area contributed by atoms with E-state index in [9.17, 15) is 4.79 Å². The number of ether oxygens (including phenoxy) is 1. The van der Waals surface area contributed by atoms with Crippen LogP contribution in [0.3, 0.4) is 0 Å². The summed E-state index contributed by atoms with van der Waals surface area (Å²) in [4.78, 5) is 14.6. The third-order valence-electron chi connectivity index (χ3n) is 4.63. The summed E-state index contributed by atoms with van der Waals surface area (Å²) in [5, 5.41) is 12.4. The molecule has 0 radical (unpaired) electrons. The Hall–Kier alpha value is -2.36. The number of hydrogen-bond acceptors (Lipinski definition) is 6. The summed E-state index contributed by atoms with van der Waals surface area (Å²) in [5.74, 6) is 0.928. The highest BCUT2D eigenvalue weighted by atomic mass is 79.9. The summed E-state index contributed by atoms with van der Waals surface area (Å²) in [7, 11) is 0. The van der Waals surface area contributed by atoms with E-state index in [4.69, 9.17) is 4.74 Å². The number of amides is 1. The molecule has 0 spiro atoms. The molecule has 9 heteroatoms. The van der Waals surface area contributed by atoms with Crippen molar-refractivity contribution in [1.82, 2.24) is 14.8 Å². The van der Waals surface area contributed by atoms with Gasteiger partial charge in [0.2, 0.25) is 11.9 Å². The van der Waals surface area contributed by atoms with E-state index in [2.05, 4.69) is 55.4 Å². The van der Waals surface area contributed by atoms with Gasteiger partial charge in [-0.05, 0) is 48.9 Å². The number of carbonyl (C=O) groups excluding carboxylic acids is 1. The largest absolute Gasteiger partial charge is 0.378 e. The van der Waals surface area contributed by atoms with E-state index >= 15 is 0 Å². The lowest BCUT2D eigenvalue weighted by Crippen LogP contribution is -2.37. The summed E-state index contributed by atoms with van der Waals surface area (Å²) >= 11 is 4.77. The second-order valence-corrected chi connectivity index (χ2v) is 8.76. The van der Waals surface area contributed by atoms with E-state index in [0.717, 1.165) is 40.4 Å². The van der Waals surface area contributed by atoms with Crippen LogP contribution < -0.4 is 10.2 Å². The first-order valence-electron chi connectivity index (χ1n) is 9.63. The lowest BCUT2D eigenvalue weighted by Gasteiger charge is -2.28. The minimum atomic E-state index is -0.0889. The average Bonchev–Trinajstić information content (AvgIpc) is 3.19. The van der Waals surface area contributed by atoms with Gasteiger partial charge in [-0.25, -0.2) is 0 Å². The van der Waals surface area contributed by atoms with E-state index in [-0.39, 0.29) is 11.7 Å². The van der Waals surface area contributed by atoms with Gasteiger partial charge in [0.15, 0.2) is 5.16 Å². The number of anilines is 2. The van der Waals surface area contributed by atoms with Crippen LogP contribution in [0.1, 0.15) is 5.56 Å². The maximum absolute atomic E-state index is 12.5. The van der Waals surface area contributed by atoms with Gasteiger partial charge >= 0.3 is 0 Å². The predicted octanol–water partition coefficient (Wildman–Crippen LogP) is 3.91. The van der Waals surface area contributed by atoms with Crippen LogP contribution in [0.15, 0.2) is 58.2 Å². The molecule has 0 saturated carbocycles. The van der Waals surface area contributed by atoms with Crippen molar-refractivity contribution in [2.24, 2.45) is 0 Å². The highest BCUT2D eigenvalue weighted by molar-refractivity contribution is 9.10. The van der Waals surface area contributed by atoms with Crippen LogP contribution in [0.4, 0.5) is 11.6 Å². The SMILES string of the molecule is Cc1cccc(-n2c(SCC(=O)Nc3ccc(Br)cc3)nnc2N2CCOCC2)c1. The van der Waals surface area contributed by atoms with E-state index < -0.39 is 0 Å². The number of thioether (sulfide) groups is 1. The molecule has 0 bridgehead atoms. The summed E-state index contributed by atoms with van der Waals surface area (Å²) in [5.41, 5.74) is 2.90. The molecule has 0 aliphatic carbocycles. The summed E-state index contributed by atoms with van der Waals surface area (Å²) in [6.45, 7) is 4.91. The van der Waals surface area contributed by atoms with Gasteiger partial charge < -0.3 is 15.0 Å². The first kappa shape index (κ1) is 20.9. The highest BCUT2D eigenvalue weighted by Gasteiger charge is 2.22. The smallest absolute Gasteiger partial charge is 0.234 e. The van der Waals surface area contributed by atoms with Crippen LogP contribution in [0.2, 0.25) is 0 Å². The highest BCUT2D eigenvalue weighted by Crippen LogP contribution is 2.28. The summed E-state index contributed by atoms with van der Waals surface area (Å²) in [6.07, 6.45) is 0. The van der Waals surface area contributed by atoms with E-state index in [1.165, 1.54) is 11.8 Å². The van der Waals surface area contributed by atoms with E-state index in [0.29, 0.717) is 18.4 Å². The number of benzene rings is 2. The van der Waals surface area contributed by atoms with Crippen LogP contribution in [0.5, 0.6) is 0 Å². The lowest BCUT2D eigenvalue weighted by atomic mass is 10.2. The van der Waals surface area contributed by atoms with Crippen LogP contribution in [0, 0.1) is 6.92 Å². The lowest BCUT2D eigenvalue weighted by molar-refractivity contribution is -0.113. The number of aryl methyl sites for hydroxylation is 1.